The van der Waals surface area contributed by atoms with Gasteiger partial charge in [-0.05, 0) is 49.9 Å². The van der Waals surface area contributed by atoms with Gasteiger partial charge in [-0.15, -0.1) is 0 Å². The Balaban J connectivity index is 1.16. The van der Waals surface area contributed by atoms with Crippen LogP contribution in [0.15, 0.2) is 48.5 Å². The Hall–Kier alpha value is -3.76. The van der Waals surface area contributed by atoms with Crippen LogP contribution in [-0.2, 0) is 19.1 Å². The van der Waals surface area contributed by atoms with Crippen molar-refractivity contribution in [1.82, 2.24) is 9.80 Å². The van der Waals surface area contributed by atoms with Gasteiger partial charge in [0.05, 0.1) is 48.9 Å². The van der Waals surface area contributed by atoms with Gasteiger partial charge in [-0.3, -0.25) is 19.2 Å². The summed E-state index contributed by atoms with van der Waals surface area (Å²) in [6.07, 6.45) is 2.27. The van der Waals surface area contributed by atoms with Crippen molar-refractivity contribution in [3.63, 3.8) is 0 Å². The summed E-state index contributed by atoms with van der Waals surface area (Å²) in [6, 6.07) is 14.1. The van der Waals surface area contributed by atoms with Crippen molar-refractivity contribution in [1.29, 1.82) is 0 Å². The lowest BCUT2D eigenvalue weighted by molar-refractivity contribution is -0.125. The number of ether oxygens (including phenoxy) is 2. The number of rotatable bonds is 6. The first-order valence-electron chi connectivity index (χ1n) is 14.0. The fourth-order valence-corrected chi connectivity index (χ4v) is 5.52. The number of amides is 4. The number of benzene rings is 2. The largest absolute Gasteiger partial charge is 0.378 e. The van der Waals surface area contributed by atoms with Gasteiger partial charge in [-0.2, -0.15) is 0 Å². The minimum Gasteiger partial charge on any atom is -0.378 e. The highest BCUT2D eigenvalue weighted by atomic mass is 16.5. The van der Waals surface area contributed by atoms with E-state index in [1.165, 1.54) is 0 Å². The molecule has 0 radical (unpaired) electrons. The van der Waals surface area contributed by atoms with Crippen LogP contribution in [0.4, 0.5) is 11.4 Å². The summed E-state index contributed by atoms with van der Waals surface area (Å²) >= 11 is 0. The number of nitrogens with zero attached hydrogens (tertiary/aromatic N) is 2. The molecular weight excluding hydrogens is 512 g/mol. The first-order chi connectivity index (χ1) is 19.5. The number of carbonyl (C=O) groups is 4. The van der Waals surface area contributed by atoms with Crippen LogP contribution in [0.5, 0.6) is 0 Å². The van der Waals surface area contributed by atoms with E-state index < -0.39 is 0 Å². The molecule has 10 heteroatoms. The molecule has 0 spiro atoms. The maximum Gasteiger partial charge on any atom is 0.256 e. The summed E-state index contributed by atoms with van der Waals surface area (Å²) < 4.78 is 10.7. The van der Waals surface area contributed by atoms with Gasteiger partial charge in [-0.1, -0.05) is 24.3 Å². The van der Waals surface area contributed by atoms with E-state index in [9.17, 15) is 19.2 Å². The molecule has 0 unspecified atom stereocenters. The first kappa shape index (κ1) is 27.8. The van der Waals surface area contributed by atoms with Crippen molar-refractivity contribution in [2.45, 2.75) is 25.7 Å². The van der Waals surface area contributed by atoms with E-state index in [0.29, 0.717) is 101 Å². The van der Waals surface area contributed by atoms with Crippen molar-refractivity contribution < 1.29 is 28.7 Å². The molecule has 2 aromatic rings. The number of hydrogen-bond donors (Lipinski definition) is 2. The second-order valence-electron chi connectivity index (χ2n) is 10.4. The average molecular weight is 549 g/mol. The summed E-state index contributed by atoms with van der Waals surface area (Å²) in [6.45, 7) is 4.13. The molecule has 40 heavy (non-hydrogen) atoms. The third-order valence-corrected chi connectivity index (χ3v) is 7.90. The molecular formula is C30H36N4O6. The smallest absolute Gasteiger partial charge is 0.256 e. The Kier molecular flexibility index (Phi) is 9.08. The van der Waals surface area contributed by atoms with E-state index in [1.807, 2.05) is 0 Å². The Labute approximate surface area is 234 Å². The fraction of sp³-hybridized carbons (Fsp3) is 0.467. The Morgan fingerprint density at radius 1 is 0.575 bits per heavy atom. The van der Waals surface area contributed by atoms with Gasteiger partial charge >= 0.3 is 0 Å². The quantitative estimate of drug-likeness (QED) is 0.573. The molecule has 3 fully saturated rings. The molecule has 1 aliphatic carbocycles. The molecule has 212 valence electrons. The lowest BCUT2D eigenvalue weighted by Crippen LogP contribution is -2.41. The Morgan fingerprint density at radius 2 is 0.925 bits per heavy atom. The van der Waals surface area contributed by atoms with Crippen LogP contribution in [0.2, 0.25) is 0 Å². The van der Waals surface area contributed by atoms with Gasteiger partial charge in [0, 0.05) is 38.0 Å². The van der Waals surface area contributed by atoms with Crippen LogP contribution in [0.1, 0.15) is 46.4 Å². The minimum absolute atomic E-state index is 0.119. The van der Waals surface area contributed by atoms with Crippen LogP contribution in [-0.4, -0.2) is 86.0 Å². The van der Waals surface area contributed by atoms with Crippen molar-refractivity contribution in [2.75, 3.05) is 63.2 Å². The highest BCUT2D eigenvalue weighted by molar-refractivity contribution is 6.05. The molecule has 0 aromatic heterocycles. The fourth-order valence-electron chi connectivity index (χ4n) is 5.52. The number of hydrogen-bond acceptors (Lipinski definition) is 6. The maximum atomic E-state index is 13.1. The standard InChI is InChI=1S/C30H36N4O6/c35-27(31-25-7-3-1-5-23(25)29(37)33-13-17-39-18-14-33)21-9-11-22(12-10-21)28(36)32-26-8-4-2-6-24(26)30(38)34-15-19-40-20-16-34/h1-8,21-22H,9-20H2,(H,31,35)(H,32,36). The van der Waals surface area contributed by atoms with Crippen LogP contribution in [0.25, 0.3) is 0 Å². The van der Waals surface area contributed by atoms with Gasteiger partial charge < -0.3 is 29.9 Å². The number of carbonyl (C=O) groups excluding carboxylic acids is 4. The van der Waals surface area contributed by atoms with Gasteiger partial charge in [0.1, 0.15) is 0 Å². The Morgan fingerprint density at radius 3 is 1.30 bits per heavy atom. The first-order valence-corrected chi connectivity index (χ1v) is 14.0. The molecule has 2 heterocycles. The van der Waals surface area contributed by atoms with Gasteiger partial charge in [-0.25, -0.2) is 0 Å². The van der Waals surface area contributed by atoms with Crippen molar-refractivity contribution in [3.8, 4) is 0 Å². The van der Waals surface area contributed by atoms with Gasteiger partial charge in [0.15, 0.2) is 0 Å². The zero-order valence-electron chi connectivity index (χ0n) is 22.6. The normalized spacial score (nSPS) is 21.4. The summed E-state index contributed by atoms with van der Waals surface area (Å²) in [5.41, 5.74) is 1.95. The number of morpholine rings is 2. The number of anilines is 2. The molecule has 5 rings (SSSR count). The molecule has 2 aliphatic heterocycles. The van der Waals surface area contributed by atoms with E-state index >= 15 is 0 Å². The van der Waals surface area contributed by atoms with Gasteiger partial charge in [0.2, 0.25) is 11.8 Å². The third-order valence-electron chi connectivity index (χ3n) is 7.90. The monoisotopic (exact) mass is 548 g/mol. The zero-order chi connectivity index (χ0) is 27.9. The number of para-hydroxylation sites is 2. The predicted octanol–water partition coefficient (Wildman–Crippen LogP) is 3.02. The van der Waals surface area contributed by atoms with E-state index in [0.717, 1.165) is 0 Å². The molecule has 4 amide bonds. The maximum absolute atomic E-state index is 13.1. The molecule has 10 nitrogen and oxygen atoms in total. The van der Waals surface area contributed by atoms with Crippen LogP contribution in [0.3, 0.4) is 0 Å². The zero-order valence-corrected chi connectivity index (χ0v) is 22.6. The summed E-state index contributed by atoms with van der Waals surface area (Å²) in [5.74, 6) is -0.999. The van der Waals surface area contributed by atoms with E-state index in [4.69, 9.17) is 9.47 Å². The Bertz CT molecular complexity index is 1130. The molecule has 2 aromatic carbocycles. The van der Waals surface area contributed by atoms with Crippen molar-refractivity contribution >= 4 is 35.0 Å². The molecule has 1 saturated carbocycles. The predicted molar refractivity (Wildman–Crippen MR) is 149 cm³/mol. The van der Waals surface area contributed by atoms with E-state index in [-0.39, 0.29) is 35.5 Å². The number of nitrogens with one attached hydrogen (secondary N) is 2. The second-order valence-corrected chi connectivity index (χ2v) is 10.4. The van der Waals surface area contributed by atoms with E-state index in [1.54, 1.807) is 58.3 Å². The molecule has 2 saturated heterocycles. The van der Waals surface area contributed by atoms with Crippen LogP contribution in [0, 0.1) is 11.8 Å². The molecule has 0 bridgehead atoms. The highest BCUT2D eigenvalue weighted by Crippen LogP contribution is 2.32. The lowest BCUT2D eigenvalue weighted by Gasteiger charge is -2.29. The van der Waals surface area contributed by atoms with E-state index in [2.05, 4.69) is 10.6 Å². The summed E-state index contributed by atoms with van der Waals surface area (Å²) in [5, 5.41) is 5.93. The minimum atomic E-state index is -0.245. The van der Waals surface area contributed by atoms with Gasteiger partial charge in [0.25, 0.3) is 11.8 Å². The van der Waals surface area contributed by atoms with Crippen molar-refractivity contribution in [3.05, 3.63) is 59.7 Å². The second kappa shape index (κ2) is 13.1. The lowest BCUT2D eigenvalue weighted by atomic mass is 9.81. The summed E-state index contributed by atoms with van der Waals surface area (Å²) in [4.78, 5) is 55.9. The topological polar surface area (TPSA) is 117 Å². The molecule has 3 aliphatic rings. The van der Waals surface area contributed by atoms with Crippen LogP contribution >= 0.6 is 0 Å². The van der Waals surface area contributed by atoms with Crippen LogP contribution < -0.4 is 10.6 Å². The molecule has 2 N–H and O–H groups in total. The third kappa shape index (κ3) is 6.51. The van der Waals surface area contributed by atoms with Crippen molar-refractivity contribution in [2.24, 2.45) is 11.8 Å². The summed E-state index contributed by atoms with van der Waals surface area (Å²) in [7, 11) is 0. The average Bonchev–Trinajstić information content (AvgIpc) is 3.02. The highest BCUT2D eigenvalue weighted by Gasteiger charge is 2.32. The molecule has 0 atom stereocenters. The SMILES string of the molecule is O=C(Nc1ccccc1C(=O)N1CCOCC1)C1CCC(C(=O)Nc2ccccc2C(=O)N2CCOCC2)CC1.